The molecule has 0 heterocycles. The predicted molar refractivity (Wildman–Crippen MR) is 97.1 cm³/mol. The second-order valence-electron chi connectivity index (χ2n) is 7.19. The minimum Gasteiger partial charge on any atom is -0.396 e. The molecular weight excluding hydrogens is 272 g/mol. The van der Waals surface area contributed by atoms with Crippen LogP contribution in [0.15, 0.2) is 0 Å². The van der Waals surface area contributed by atoms with Crippen molar-refractivity contribution in [1.82, 2.24) is 0 Å². The van der Waals surface area contributed by atoms with Crippen LogP contribution in [0.3, 0.4) is 0 Å². The maximum absolute atomic E-state index is 9.14. The fourth-order valence-corrected chi connectivity index (χ4v) is 3.72. The quantitative estimate of drug-likeness (QED) is 0.391. The minimum absolute atomic E-state index is 0.0979. The average molecular weight is 315 g/mol. The molecule has 2 nitrogen and oxygen atoms in total. The van der Waals surface area contributed by atoms with E-state index in [4.69, 9.17) is 10.2 Å². The highest BCUT2D eigenvalue weighted by molar-refractivity contribution is 4.65. The Morgan fingerprint density at radius 1 is 0.500 bits per heavy atom. The molecule has 22 heavy (non-hydrogen) atoms. The number of rotatable bonds is 16. The van der Waals surface area contributed by atoms with E-state index >= 15 is 0 Å². The lowest BCUT2D eigenvalue weighted by Crippen LogP contribution is -2.11. The van der Waals surface area contributed by atoms with Gasteiger partial charge in [-0.3, -0.25) is 0 Å². The molecule has 2 heteroatoms. The van der Waals surface area contributed by atoms with Gasteiger partial charge in [-0.2, -0.15) is 0 Å². The van der Waals surface area contributed by atoms with Gasteiger partial charge in [0.2, 0.25) is 0 Å². The van der Waals surface area contributed by atoms with Crippen molar-refractivity contribution in [2.75, 3.05) is 13.2 Å². The van der Waals surface area contributed by atoms with E-state index in [0.29, 0.717) is 0 Å². The second kappa shape index (κ2) is 15.8. The van der Waals surface area contributed by atoms with Crippen molar-refractivity contribution in [3.63, 3.8) is 0 Å². The molecule has 0 fully saturated rings. The normalized spacial score (nSPS) is 13.2. The lowest BCUT2D eigenvalue weighted by molar-refractivity contribution is 0.140. The lowest BCUT2D eigenvalue weighted by Gasteiger charge is -2.20. The van der Waals surface area contributed by atoms with Gasteiger partial charge in [-0.25, -0.2) is 0 Å². The molecule has 134 valence electrons. The Morgan fingerprint density at radius 3 is 1.14 bits per heavy atom. The summed E-state index contributed by atoms with van der Waals surface area (Å²) in [5, 5.41) is 18.3. The topological polar surface area (TPSA) is 40.5 Å². The van der Waals surface area contributed by atoms with E-state index < -0.39 is 0 Å². The van der Waals surface area contributed by atoms with Crippen LogP contribution in [0, 0.1) is 17.8 Å². The van der Waals surface area contributed by atoms with Gasteiger partial charge in [-0.15, -0.1) is 0 Å². The van der Waals surface area contributed by atoms with Gasteiger partial charge in [0.05, 0.1) is 0 Å². The van der Waals surface area contributed by atoms with Gasteiger partial charge in [0, 0.05) is 19.1 Å². The number of aliphatic hydroxyl groups excluding tert-OH is 2. The highest BCUT2D eigenvalue weighted by Gasteiger charge is 2.12. The molecule has 2 N–H and O–H groups in total. The minimum atomic E-state index is 0.0979. The average Bonchev–Trinajstić information content (AvgIpc) is 2.52. The van der Waals surface area contributed by atoms with Crippen LogP contribution in [0.1, 0.15) is 97.8 Å². The maximum Gasteiger partial charge on any atom is 0.0481 e. The molecule has 1 atom stereocenters. The van der Waals surface area contributed by atoms with E-state index in [1.165, 1.54) is 64.2 Å². The summed E-state index contributed by atoms with van der Waals surface area (Å²) in [7, 11) is 0. The third-order valence-corrected chi connectivity index (χ3v) is 5.06. The first-order valence-corrected chi connectivity index (χ1v) is 9.93. The monoisotopic (exact) mass is 314 g/mol. The second-order valence-corrected chi connectivity index (χ2v) is 7.19. The number of hydrogen-bond donors (Lipinski definition) is 2. The Bertz CT molecular complexity index is 208. The van der Waals surface area contributed by atoms with Crippen molar-refractivity contribution in [3.8, 4) is 0 Å². The van der Waals surface area contributed by atoms with Crippen LogP contribution in [-0.4, -0.2) is 23.4 Å². The molecule has 0 radical (unpaired) electrons. The van der Waals surface area contributed by atoms with E-state index in [1.807, 2.05) is 0 Å². The van der Waals surface area contributed by atoms with Gasteiger partial charge in [-0.05, 0) is 18.3 Å². The van der Waals surface area contributed by atoms with Gasteiger partial charge >= 0.3 is 0 Å². The standard InChI is InChI=1S/C20H42O2/c1-4-9-18(10-5-2)12-7-13-19(11-6-3)14-8-15-20(16-21)17-22/h18-22H,4-17H2,1-3H3. The third-order valence-electron chi connectivity index (χ3n) is 5.06. The molecule has 0 aromatic heterocycles. The summed E-state index contributed by atoms with van der Waals surface area (Å²) in [5.41, 5.74) is 0. The molecule has 0 spiro atoms. The van der Waals surface area contributed by atoms with Crippen molar-refractivity contribution in [2.24, 2.45) is 17.8 Å². The Morgan fingerprint density at radius 2 is 0.818 bits per heavy atom. The summed E-state index contributed by atoms with van der Waals surface area (Å²) in [5.74, 6) is 1.90. The van der Waals surface area contributed by atoms with Crippen LogP contribution in [0.2, 0.25) is 0 Å². The molecule has 1 unspecified atom stereocenters. The molecular formula is C20H42O2. The van der Waals surface area contributed by atoms with E-state index in [-0.39, 0.29) is 19.1 Å². The van der Waals surface area contributed by atoms with Crippen molar-refractivity contribution >= 4 is 0 Å². The lowest BCUT2D eigenvalue weighted by atomic mass is 9.87. The van der Waals surface area contributed by atoms with Crippen molar-refractivity contribution in [3.05, 3.63) is 0 Å². The summed E-state index contributed by atoms with van der Waals surface area (Å²) in [6.45, 7) is 7.16. The Hall–Kier alpha value is -0.0800. The first-order chi connectivity index (χ1) is 10.7. The largest absolute Gasteiger partial charge is 0.396 e. The fourth-order valence-electron chi connectivity index (χ4n) is 3.72. The van der Waals surface area contributed by atoms with Crippen molar-refractivity contribution < 1.29 is 10.2 Å². The van der Waals surface area contributed by atoms with E-state index in [0.717, 1.165) is 24.7 Å². The summed E-state index contributed by atoms with van der Waals surface area (Å²) in [6.07, 6.45) is 15.7. The van der Waals surface area contributed by atoms with Crippen LogP contribution < -0.4 is 0 Å². The molecule has 0 amide bonds. The van der Waals surface area contributed by atoms with Gasteiger partial charge < -0.3 is 10.2 Å². The Labute approximate surface area is 139 Å². The van der Waals surface area contributed by atoms with E-state index in [2.05, 4.69) is 20.8 Å². The number of aliphatic hydroxyl groups is 2. The number of hydrogen-bond acceptors (Lipinski definition) is 2. The van der Waals surface area contributed by atoms with Gasteiger partial charge in [0.25, 0.3) is 0 Å². The van der Waals surface area contributed by atoms with Gasteiger partial charge in [0.1, 0.15) is 0 Å². The van der Waals surface area contributed by atoms with Crippen LogP contribution in [0.5, 0.6) is 0 Å². The zero-order valence-electron chi connectivity index (χ0n) is 15.5. The highest BCUT2D eigenvalue weighted by atomic mass is 16.3. The molecule has 0 aromatic rings. The molecule has 0 rings (SSSR count). The molecule has 0 saturated heterocycles. The highest BCUT2D eigenvalue weighted by Crippen LogP contribution is 2.26. The summed E-state index contributed by atoms with van der Waals surface area (Å²) < 4.78 is 0. The van der Waals surface area contributed by atoms with E-state index in [9.17, 15) is 0 Å². The fraction of sp³-hybridized carbons (Fsp3) is 1.00. The first-order valence-electron chi connectivity index (χ1n) is 9.93. The maximum atomic E-state index is 9.14. The SMILES string of the molecule is CCCC(CCC)CCCC(CCC)CCCC(CO)CO. The summed E-state index contributed by atoms with van der Waals surface area (Å²) >= 11 is 0. The van der Waals surface area contributed by atoms with Gasteiger partial charge in [-0.1, -0.05) is 91.4 Å². The van der Waals surface area contributed by atoms with Crippen LogP contribution in [-0.2, 0) is 0 Å². The van der Waals surface area contributed by atoms with Crippen molar-refractivity contribution in [1.29, 1.82) is 0 Å². The smallest absolute Gasteiger partial charge is 0.0481 e. The Balaban J connectivity index is 3.96. The van der Waals surface area contributed by atoms with E-state index in [1.54, 1.807) is 0 Å². The molecule has 0 aliphatic heterocycles. The molecule has 0 aliphatic carbocycles. The summed E-state index contributed by atoms with van der Waals surface area (Å²) in [6, 6.07) is 0. The van der Waals surface area contributed by atoms with Gasteiger partial charge in [0.15, 0.2) is 0 Å². The molecule has 0 saturated carbocycles. The molecule has 0 aromatic carbocycles. The zero-order chi connectivity index (χ0) is 16.6. The van der Waals surface area contributed by atoms with Crippen molar-refractivity contribution in [2.45, 2.75) is 97.8 Å². The van der Waals surface area contributed by atoms with Crippen LogP contribution in [0.25, 0.3) is 0 Å². The molecule has 0 bridgehead atoms. The predicted octanol–water partition coefficient (Wildman–Crippen LogP) is 5.56. The van der Waals surface area contributed by atoms with Crippen LogP contribution >= 0.6 is 0 Å². The van der Waals surface area contributed by atoms with Crippen LogP contribution in [0.4, 0.5) is 0 Å². The summed E-state index contributed by atoms with van der Waals surface area (Å²) in [4.78, 5) is 0. The Kier molecular flexibility index (Phi) is 15.7. The third kappa shape index (κ3) is 11.5. The first kappa shape index (κ1) is 21.9. The molecule has 0 aliphatic rings. The zero-order valence-corrected chi connectivity index (χ0v) is 15.5.